The van der Waals surface area contributed by atoms with Gasteiger partial charge in [0.05, 0.1) is 5.25 Å². The molecule has 5 heteroatoms. The molecule has 0 aromatic heterocycles. The fourth-order valence-corrected chi connectivity index (χ4v) is 3.10. The van der Waals surface area contributed by atoms with Crippen LogP contribution >= 0.6 is 11.8 Å². The van der Waals surface area contributed by atoms with Crippen molar-refractivity contribution in [2.75, 3.05) is 25.4 Å². The lowest BCUT2D eigenvalue weighted by Gasteiger charge is -2.27. The van der Waals surface area contributed by atoms with Crippen LogP contribution in [-0.4, -0.2) is 47.4 Å². The standard InChI is InChI=1S/C10H16N2O2S/c1-2-12-9(13)3-8(10(12)14)15-6-7-4-11-5-7/h7-8,11H,2-6H2,1H3. The van der Waals surface area contributed by atoms with Crippen molar-refractivity contribution >= 4 is 23.6 Å². The van der Waals surface area contributed by atoms with Gasteiger partial charge >= 0.3 is 0 Å². The van der Waals surface area contributed by atoms with Gasteiger partial charge in [0.2, 0.25) is 11.8 Å². The SMILES string of the molecule is CCN1C(=O)CC(SCC2CNC2)C1=O. The monoisotopic (exact) mass is 228 g/mol. The summed E-state index contributed by atoms with van der Waals surface area (Å²) in [5, 5.41) is 3.09. The van der Waals surface area contributed by atoms with Gasteiger partial charge in [-0.05, 0) is 31.7 Å². The second-order valence-corrected chi connectivity index (χ2v) is 5.26. The topological polar surface area (TPSA) is 49.4 Å². The molecule has 0 spiro atoms. The molecule has 1 atom stereocenters. The molecule has 2 heterocycles. The van der Waals surface area contributed by atoms with Crippen LogP contribution < -0.4 is 5.32 Å². The highest BCUT2D eigenvalue weighted by molar-refractivity contribution is 8.00. The van der Waals surface area contributed by atoms with Crippen molar-refractivity contribution in [2.45, 2.75) is 18.6 Å². The lowest BCUT2D eigenvalue weighted by molar-refractivity contribution is -0.137. The van der Waals surface area contributed by atoms with Gasteiger partial charge in [0, 0.05) is 13.0 Å². The Hall–Kier alpha value is -0.550. The first-order chi connectivity index (χ1) is 7.22. The van der Waals surface area contributed by atoms with E-state index in [9.17, 15) is 9.59 Å². The molecule has 4 nitrogen and oxygen atoms in total. The van der Waals surface area contributed by atoms with Gasteiger partial charge < -0.3 is 5.32 Å². The molecule has 0 saturated carbocycles. The van der Waals surface area contributed by atoms with Gasteiger partial charge in [0.25, 0.3) is 0 Å². The van der Waals surface area contributed by atoms with E-state index in [0.29, 0.717) is 18.9 Å². The quantitative estimate of drug-likeness (QED) is 0.693. The summed E-state index contributed by atoms with van der Waals surface area (Å²) < 4.78 is 0. The Morgan fingerprint density at radius 3 is 2.67 bits per heavy atom. The molecule has 2 fully saturated rings. The molecule has 2 saturated heterocycles. The van der Waals surface area contributed by atoms with E-state index in [1.54, 1.807) is 11.8 Å². The zero-order valence-electron chi connectivity index (χ0n) is 8.86. The number of amides is 2. The predicted molar refractivity (Wildman–Crippen MR) is 59.6 cm³/mol. The van der Waals surface area contributed by atoms with Gasteiger partial charge in [-0.25, -0.2) is 0 Å². The number of thioether (sulfide) groups is 1. The lowest BCUT2D eigenvalue weighted by atomic mass is 10.1. The number of rotatable bonds is 4. The van der Waals surface area contributed by atoms with Crippen LogP contribution in [0.3, 0.4) is 0 Å². The van der Waals surface area contributed by atoms with Crippen LogP contribution in [0.4, 0.5) is 0 Å². The van der Waals surface area contributed by atoms with Gasteiger partial charge in [-0.15, -0.1) is 11.8 Å². The van der Waals surface area contributed by atoms with Crippen molar-refractivity contribution in [1.82, 2.24) is 10.2 Å². The highest BCUT2D eigenvalue weighted by atomic mass is 32.2. The Morgan fingerprint density at radius 2 is 2.20 bits per heavy atom. The molecular weight excluding hydrogens is 212 g/mol. The molecule has 0 bridgehead atoms. The van der Waals surface area contributed by atoms with E-state index < -0.39 is 0 Å². The summed E-state index contributed by atoms with van der Waals surface area (Å²) in [7, 11) is 0. The highest BCUT2D eigenvalue weighted by Crippen LogP contribution is 2.27. The van der Waals surface area contributed by atoms with Crippen molar-refractivity contribution in [1.29, 1.82) is 0 Å². The van der Waals surface area contributed by atoms with Crippen molar-refractivity contribution in [3.05, 3.63) is 0 Å². The normalized spacial score (nSPS) is 27.3. The van der Waals surface area contributed by atoms with E-state index in [1.807, 2.05) is 6.92 Å². The van der Waals surface area contributed by atoms with Crippen molar-refractivity contribution < 1.29 is 9.59 Å². The summed E-state index contributed by atoms with van der Waals surface area (Å²) >= 11 is 1.65. The Morgan fingerprint density at radius 1 is 1.47 bits per heavy atom. The van der Waals surface area contributed by atoms with E-state index in [-0.39, 0.29) is 17.1 Å². The van der Waals surface area contributed by atoms with E-state index in [0.717, 1.165) is 18.8 Å². The molecule has 2 amide bonds. The molecule has 0 aromatic carbocycles. The molecule has 0 radical (unpaired) electrons. The van der Waals surface area contributed by atoms with Gasteiger partial charge in [-0.2, -0.15) is 0 Å². The van der Waals surface area contributed by atoms with Crippen LogP contribution in [0.25, 0.3) is 0 Å². The Bertz CT molecular complexity index is 279. The summed E-state index contributed by atoms with van der Waals surface area (Å²) in [5.74, 6) is 1.69. The zero-order chi connectivity index (χ0) is 10.8. The van der Waals surface area contributed by atoms with E-state index in [2.05, 4.69) is 5.32 Å². The molecule has 2 rings (SSSR count). The maximum atomic E-state index is 11.7. The van der Waals surface area contributed by atoms with E-state index in [4.69, 9.17) is 0 Å². The van der Waals surface area contributed by atoms with Crippen molar-refractivity contribution in [2.24, 2.45) is 5.92 Å². The first kappa shape index (κ1) is 11.0. The lowest BCUT2D eigenvalue weighted by Crippen LogP contribution is -2.43. The maximum absolute atomic E-state index is 11.7. The fourth-order valence-electron chi connectivity index (χ4n) is 1.83. The van der Waals surface area contributed by atoms with Crippen molar-refractivity contribution in [3.63, 3.8) is 0 Å². The third kappa shape index (κ3) is 2.18. The molecule has 2 aliphatic rings. The molecular formula is C10H16N2O2S. The number of hydrogen-bond acceptors (Lipinski definition) is 4. The predicted octanol–water partition coefficient (Wildman–Crippen LogP) is 0.0864. The summed E-state index contributed by atoms with van der Waals surface area (Å²) in [4.78, 5) is 24.5. The molecule has 0 aliphatic carbocycles. The number of imide groups is 1. The smallest absolute Gasteiger partial charge is 0.242 e. The second kappa shape index (κ2) is 4.53. The summed E-state index contributed by atoms with van der Waals surface area (Å²) in [6.45, 7) is 4.47. The summed E-state index contributed by atoms with van der Waals surface area (Å²) in [6.07, 6.45) is 0.400. The first-order valence-electron chi connectivity index (χ1n) is 5.39. The van der Waals surface area contributed by atoms with E-state index in [1.165, 1.54) is 4.90 Å². The fraction of sp³-hybridized carbons (Fsp3) is 0.800. The average molecular weight is 228 g/mol. The average Bonchev–Trinajstić information content (AvgIpc) is 2.39. The van der Waals surface area contributed by atoms with Crippen LogP contribution in [0.5, 0.6) is 0 Å². The molecule has 15 heavy (non-hydrogen) atoms. The number of carbonyl (C=O) groups is 2. The minimum atomic E-state index is -0.113. The zero-order valence-corrected chi connectivity index (χ0v) is 9.68. The number of carbonyl (C=O) groups excluding carboxylic acids is 2. The minimum absolute atomic E-state index is 0.00765. The first-order valence-corrected chi connectivity index (χ1v) is 6.43. The Kier molecular flexibility index (Phi) is 3.31. The summed E-state index contributed by atoms with van der Waals surface area (Å²) in [5.41, 5.74) is 0. The van der Waals surface area contributed by atoms with Gasteiger partial charge in [0.1, 0.15) is 0 Å². The summed E-state index contributed by atoms with van der Waals surface area (Å²) in [6, 6.07) is 0. The maximum Gasteiger partial charge on any atom is 0.242 e. The molecule has 84 valence electrons. The Labute approximate surface area is 93.8 Å². The molecule has 2 aliphatic heterocycles. The number of nitrogens with one attached hydrogen (secondary N) is 1. The van der Waals surface area contributed by atoms with Gasteiger partial charge in [-0.3, -0.25) is 14.5 Å². The van der Waals surface area contributed by atoms with Crippen molar-refractivity contribution in [3.8, 4) is 0 Å². The van der Waals surface area contributed by atoms with Crippen LogP contribution in [-0.2, 0) is 9.59 Å². The van der Waals surface area contributed by atoms with Crippen LogP contribution in [0.15, 0.2) is 0 Å². The van der Waals surface area contributed by atoms with E-state index >= 15 is 0 Å². The largest absolute Gasteiger partial charge is 0.316 e. The van der Waals surface area contributed by atoms with Gasteiger partial charge in [0.15, 0.2) is 0 Å². The number of hydrogen-bond donors (Lipinski definition) is 1. The second-order valence-electron chi connectivity index (χ2n) is 4.03. The van der Waals surface area contributed by atoms with Crippen LogP contribution in [0.1, 0.15) is 13.3 Å². The molecule has 0 aromatic rings. The molecule has 1 unspecified atom stereocenters. The van der Waals surface area contributed by atoms with Gasteiger partial charge in [-0.1, -0.05) is 0 Å². The minimum Gasteiger partial charge on any atom is -0.316 e. The third-order valence-electron chi connectivity index (χ3n) is 2.92. The number of likely N-dealkylation sites (tertiary alicyclic amines) is 1. The van der Waals surface area contributed by atoms with Crippen LogP contribution in [0.2, 0.25) is 0 Å². The Balaban J connectivity index is 1.82. The number of nitrogens with zero attached hydrogens (tertiary/aromatic N) is 1. The van der Waals surface area contributed by atoms with Crippen LogP contribution in [0, 0.1) is 5.92 Å². The molecule has 1 N–H and O–H groups in total. The highest BCUT2D eigenvalue weighted by Gasteiger charge is 2.38. The third-order valence-corrected chi connectivity index (χ3v) is 4.35.